The molecule has 0 aliphatic carbocycles. The minimum Gasteiger partial charge on any atom is -0.492 e. The normalized spacial score (nSPS) is 11.8. The molecule has 1 unspecified atom stereocenters. The van der Waals surface area contributed by atoms with Crippen LogP contribution in [0.1, 0.15) is 6.92 Å². The highest BCUT2D eigenvalue weighted by Crippen LogP contribution is 2.28. The molecule has 1 amide bonds. The van der Waals surface area contributed by atoms with E-state index in [1.54, 1.807) is 40.9 Å². The molecule has 2 aromatic carbocycles. The SMILES string of the molecule is CC(Sc1nn(-c2ccccc2)c(=S)s1)C(=O)N(C)CCOc1ccc(Cl)cc1. The maximum atomic E-state index is 12.7. The number of hydrogen-bond donors (Lipinski definition) is 0. The van der Waals surface area contributed by atoms with Gasteiger partial charge in [0.15, 0.2) is 8.29 Å². The molecule has 1 heterocycles. The van der Waals surface area contributed by atoms with Crippen molar-refractivity contribution >= 4 is 52.8 Å². The van der Waals surface area contributed by atoms with Gasteiger partial charge in [0.2, 0.25) is 5.91 Å². The van der Waals surface area contributed by atoms with Gasteiger partial charge in [-0.25, -0.2) is 4.68 Å². The third-order valence-electron chi connectivity index (χ3n) is 4.04. The van der Waals surface area contributed by atoms with Crippen molar-refractivity contribution in [1.82, 2.24) is 14.7 Å². The fraction of sp³-hybridized carbons (Fsp3) is 0.250. The molecule has 0 fully saturated rings. The number of aromatic nitrogens is 2. The van der Waals surface area contributed by atoms with Crippen LogP contribution in [0.15, 0.2) is 58.9 Å². The summed E-state index contributed by atoms with van der Waals surface area (Å²) in [5.74, 6) is 0.742. The molecule has 0 saturated carbocycles. The number of carbonyl (C=O) groups excluding carboxylic acids is 1. The van der Waals surface area contributed by atoms with Gasteiger partial charge in [0.05, 0.1) is 17.5 Å². The molecule has 1 aromatic heterocycles. The lowest BCUT2D eigenvalue weighted by molar-refractivity contribution is -0.129. The van der Waals surface area contributed by atoms with Crippen LogP contribution < -0.4 is 4.74 Å². The van der Waals surface area contributed by atoms with Crippen LogP contribution in [0, 0.1) is 3.95 Å². The molecule has 0 aliphatic heterocycles. The van der Waals surface area contributed by atoms with Gasteiger partial charge in [-0.05, 0) is 55.5 Å². The summed E-state index contributed by atoms with van der Waals surface area (Å²) in [6.07, 6.45) is 0. The Hall–Kier alpha value is -1.87. The first-order valence-electron chi connectivity index (χ1n) is 8.89. The number of likely N-dealkylation sites (N-methyl/N-ethyl adjacent to an activating group) is 1. The molecule has 0 N–H and O–H groups in total. The first kappa shape index (κ1) is 21.8. The van der Waals surface area contributed by atoms with Crippen molar-refractivity contribution < 1.29 is 9.53 Å². The number of ether oxygens (including phenoxy) is 1. The molecule has 3 aromatic rings. The lowest BCUT2D eigenvalue weighted by atomic mass is 10.3. The highest BCUT2D eigenvalue weighted by molar-refractivity contribution is 8.02. The third kappa shape index (κ3) is 6.05. The number of carbonyl (C=O) groups is 1. The van der Waals surface area contributed by atoms with Crippen LogP contribution in [0.2, 0.25) is 5.02 Å². The van der Waals surface area contributed by atoms with Gasteiger partial charge in [0.1, 0.15) is 12.4 Å². The summed E-state index contributed by atoms with van der Waals surface area (Å²) in [5, 5.41) is 4.94. The van der Waals surface area contributed by atoms with Crippen molar-refractivity contribution in [2.75, 3.05) is 20.2 Å². The summed E-state index contributed by atoms with van der Waals surface area (Å²) in [4.78, 5) is 14.3. The molecule has 152 valence electrons. The molecule has 0 saturated heterocycles. The highest BCUT2D eigenvalue weighted by Gasteiger charge is 2.21. The van der Waals surface area contributed by atoms with Gasteiger partial charge < -0.3 is 9.64 Å². The summed E-state index contributed by atoms with van der Waals surface area (Å²) in [6.45, 7) is 2.77. The van der Waals surface area contributed by atoms with Gasteiger partial charge >= 0.3 is 0 Å². The number of thioether (sulfide) groups is 1. The van der Waals surface area contributed by atoms with E-state index in [4.69, 9.17) is 28.6 Å². The summed E-state index contributed by atoms with van der Waals surface area (Å²) in [5.41, 5.74) is 0.913. The number of amides is 1. The van der Waals surface area contributed by atoms with E-state index in [0.717, 1.165) is 15.8 Å². The van der Waals surface area contributed by atoms with Crippen LogP contribution in [0.4, 0.5) is 0 Å². The Balaban J connectivity index is 1.53. The number of hydrogen-bond acceptors (Lipinski definition) is 6. The predicted molar refractivity (Wildman–Crippen MR) is 122 cm³/mol. The molecule has 0 spiro atoms. The average Bonchev–Trinajstić information content (AvgIpc) is 3.09. The van der Waals surface area contributed by atoms with E-state index in [-0.39, 0.29) is 11.2 Å². The van der Waals surface area contributed by atoms with E-state index in [9.17, 15) is 4.79 Å². The second kappa shape index (κ2) is 10.2. The zero-order valence-electron chi connectivity index (χ0n) is 15.9. The Kier molecular flexibility index (Phi) is 7.71. The minimum atomic E-state index is -0.277. The van der Waals surface area contributed by atoms with Crippen LogP contribution in [-0.4, -0.2) is 46.0 Å². The van der Waals surface area contributed by atoms with Crippen LogP contribution in [0.5, 0.6) is 5.75 Å². The molecular weight excluding hydrogens is 446 g/mol. The van der Waals surface area contributed by atoms with E-state index >= 15 is 0 Å². The highest BCUT2D eigenvalue weighted by atomic mass is 35.5. The van der Waals surface area contributed by atoms with Gasteiger partial charge in [-0.2, -0.15) is 0 Å². The number of nitrogens with zero attached hydrogens (tertiary/aromatic N) is 3. The Morgan fingerprint density at radius 1 is 1.28 bits per heavy atom. The van der Waals surface area contributed by atoms with Gasteiger partial charge in [0.25, 0.3) is 0 Å². The fourth-order valence-electron chi connectivity index (χ4n) is 2.49. The van der Waals surface area contributed by atoms with Gasteiger partial charge in [-0.3, -0.25) is 4.79 Å². The summed E-state index contributed by atoms with van der Waals surface area (Å²) >= 11 is 14.1. The molecular formula is C20H20ClN3O2S3. The van der Waals surface area contributed by atoms with Crippen LogP contribution in [-0.2, 0) is 4.79 Å². The smallest absolute Gasteiger partial charge is 0.235 e. The molecule has 9 heteroatoms. The van der Waals surface area contributed by atoms with E-state index < -0.39 is 0 Å². The van der Waals surface area contributed by atoms with Crippen molar-refractivity contribution in [3.8, 4) is 11.4 Å². The Morgan fingerprint density at radius 2 is 1.97 bits per heavy atom. The first-order valence-corrected chi connectivity index (χ1v) is 11.4. The average molecular weight is 466 g/mol. The zero-order chi connectivity index (χ0) is 20.8. The summed E-state index contributed by atoms with van der Waals surface area (Å²) < 4.78 is 8.81. The monoisotopic (exact) mass is 465 g/mol. The summed E-state index contributed by atoms with van der Waals surface area (Å²) in [7, 11) is 1.77. The lowest BCUT2D eigenvalue weighted by Gasteiger charge is -2.20. The molecule has 0 radical (unpaired) electrons. The maximum Gasteiger partial charge on any atom is 0.235 e. The molecule has 0 bridgehead atoms. The number of halogens is 1. The van der Waals surface area contributed by atoms with Gasteiger partial charge in [-0.1, -0.05) is 52.9 Å². The van der Waals surface area contributed by atoms with Gasteiger partial charge in [0, 0.05) is 12.1 Å². The van der Waals surface area contributed by atoms with Crippen LogP contribution >= 0.6 is 46.9 Å². The van der Waals surface area contributed by atoms with Crippen molar-refractivity contribution in [2.45, 2.75) is 16.5 Å². The van der Waals surface area contributed by atoms with Crippen LogP contribution in [0.3, 0.4) is 0 Å². The quantitative estimate of drug-likeness (QED) is 0.332. The molecule has 3 rings (SSSR count). The Morgan fingerprint density at radius 3 is 2.66 bits per heavy atom. The van der Waals surface area contributed by atoms with Crippen molar-refractivity contribution in [3.63, 3.8) is 0 Å². The van der Waals surface area contributed by atoms with Crippen molar-refractivity contribution in [2.24, 2.45) is 0 Å². The van der Waals surface area contributed by atoms with E-state index in [1.165, 1.54) is 23.1 Å². The lowest BCUT2D eigenvalue weighted by Crippen LogP contribution is -2.36. The van der Waals surface area contributed by atoms with E-state index in [1.807, 2.05) is 37.3 Å². The topological polar surface area (TPSA) is 47.4 Å². The van der Waals surface area contributed by atoms with Gasteiger partial charge in [-0.15, -0.1) is 5.10 Å². The maximum absolute atomic E-state index is 12.7. The summed E-state index contributed by atoms with van der Waals surface area (Å²) in [6, 6.07) is 16.9. The second-order valence-electron chi connectivity index (χ2n) is 6.20. The zero-order valence-corrected chi connectivity index (χ0v) is 19.2. The third-order valence-corrected chi connectivity index (χ3v) is 6.70. The van der Waals surface area contributed by atoms with E-state index in [2.05, 4.69) is 5.10 Å². The molecule has 5 nitrogen and oxygen atoms in total. The second-order valence-corrected chi connectivity index (χ2v) is 9.85. The molecule has 1 atom stereocenters. The predicted octanol–water partition coefficient (Wildman–Crippen LogP) is 5.33. The van der Waals surface area contributed by atoms with Crippen molar-refractivity contribution in [3.05, 3.63) is 63.6 Å². The van der Waals surface area contributed by atoms with E-state index in [0.29, 0.717) is 22.1 Å². The standard InChI is InChI=1S/C20H20ClN3O2S3/c1-14(18(25)23(2)12-13-26-17-10-8-15(21)9-11-17)28-19-22-24(20(27)29-19)16-6-4-3-5-7-16/h3-11,14H,12-13H2,1-2H3. The first-order chi connectivity index (χ1) is 13.9. The number of benzene rings is 2. The number of rotatable bonds is 8. The molecule has 0 aliphatic rings. The van der Waals surface area contributed by atoms with Crippen LogP contribution in [0.25, 0.3) is 5.69 Å². The fourth-order valence-corrected chi connectivity index (χ4v) is 5.24. The Labute approximate surface area is 188 Å². The molecule has 29 heavy (non-hydrogen) atoms. The van der Waals surface area contributed by atoms with Crippen molar-refractivity contribution in [1.29, 1.82) is 0 Å². The Bertz CT molecular complexity index is 1010. The largest absolute Gasteiger partial charge is 0.492 e. The minimum absolute atomic E-state index is 0.0158. The number of para-hydroxylation sites is 1.